The molecular weight excluding hydrogens is 378 g/mol. The molecule has 1 aliphatic heterocycles. The molecule has 0 spiro atoms. The summed E-state index contributed by atoms with van der Waals surface area (Å²) in [6, 6.07) is 4.52. The minimum atomic E-state index is -3.77. The second kappa shape index (κ2) is 9.49. The molecule has 0 unspecified atom stereocenters. The van der Waals surface area contributed by atoms with Crippen LogP contribution in [0.1, 0.15) is 5.56 Å². The molecule has 0 radical (unpaired) electrons. The summed E-state index contributed by atoms with van der Waals surface area (Å²) in [6.07, 6.45) is 2.48. The summed E-state index contributed by atoms with van der Waals surface area (Å²) in [6.45, 7) is 0.663. The van der Waals surface area contributed by atoms with Crippen molar-refractivity contribution in [2.24, 2.45) is 0 Å². The van der Waals surface area contributed by atoms with Crippen LogP contribution in [0, 0.1) is 0 Å². The third kappa shape index (κ3) is 5.52. The van der Waals surface area contributed by atoms with E-state index in [2.05, 4.69) is 9.47 Å². The largest absolute Gasteiger partial charge is 0.495 e. The molecule has 1 aromatic carbocycles. The molecule has 0 N–H and O–H groups in total. The van der Waals surface area contributed by atoms with E-state index >= 15 is 0 Å². The molecule has 1 aromatic rings. The lowest BCUT2D eigenvalue weighted by atomic mass is 10.2. The molecule has 1 aliphatic rings. The molecule has 9 nitrogen and oxygen atoms in total. The van der Waals surface area contributed by atoms with Crippen LogP contribution in [-0.4, -0.2) is 71.8 Å². The van der Waals surface area contributed by atoms with Crippen LogP contribution in [0.15, 0.2) is 29.2 Å². The first-order valence-corrected chi connectivity index (χ1v) is 9.50. The van der Waals surface area contributed by atoms with Crippen molar-refractivity contribution in [1.82, 2.24) is 4.31 Å². The van der Waals surface area contributed by atoms with Crippen molar-refractivity contribution in [2.75, 3.05) is 47.1 Å². The summed E-state index contributed by atoms with van der Waals surface area (Å²) >= 11 is 0. The maximum absolute atomic E-state index is 12.9. The van der Waals surface area contributed by atoms with Crippen molar-refractivity contribution in [3.8, 4) is 5.75 Å². The molecule has 27 heavy (non-hydrogen) atoms. The van der Waals surface area contributed by atoms with Crippen molar-refractivity contribution in [1.29, 1.82) is 0 Å². The average molecular weight is 399 g/mol. The van der Waals surface area contributed by atoms with E-state index in [1.807, 2.05) is 0 Å². The van der Waals surface area contributed by atoms with E-state index in [0.29, 0.717) is 18.8 Å². The van der Waals surface area contributed by atoms with Gasteiger partial charge in [0.05, 0.1) is 27.4 Å². The Morgan fingerprint density at radius 1 is 1.22 bits per heavy atom. The molecule has 0 bridgehead atoms. The average Bonchev–Trinajstić information content (AvgIpc) is 2.70. The number of hydrogen-bond acceptors (Lipinski definition) is 8. The summed E-state index contributed by atoms with van der Waals surface area (Å²) in [5.41, 5.74) is 0.456. The highest BCUT2D eigenvalue weighted by molar-refractivity contribution is 7.89. The van der Waals surface area contributed by atoms with Gasteiger partial charge in [-0.3, -0.25) is 0 Å². The Morgan fingerprint density at radius 2 is 1.93 bits per heavy atom. The number of carbonyl (C=O) groups excluding carboxylic acids is 2. The van der Waals surface area contributed by atoms with Crippen molar-refractivity contribution < 1.29 is 37.0 Å². The summed E-state index contributed by atoms with van der Waals surface area (Å²) in [5, 5.41) is 0. The summed E-state index contributed by atoms with van der Waals surface area (Å²) < 4.78 is 46.5. The summed E-state index contributed by atoms with van der Waals surface area (Å²) in [7, 11) is -1.21. The lowest BCUT2D eigenvalue weighted by Gasteiger charge is -2.26. The second-order valence-corrected chi connectivity index (χ2v) is 7.35. The Morgan fingerprint density at radius 3 is 2.56 bits per heavy atom. The topological polar surface area (TPSA) is 108 Å². The highest BCUT2D eigenvalue weighted by Gasteiger charge is 2.29. The molecule has 10 heteroatoms. The van der Waals surface area contributed by atoms with Crippen molar-refractivity contribution in [3.63, 3.8) is 0 Å². The standard InChI is InChI=1S/C17H21NO8S/c1-23-14-5-3-13(4-6-16(19)26-12-17(20)24-2)11-15(14)27(21,22)18-7-9-25-10-8-18/h3-6,11H,7-10,12H2,1-2H3/b6-4+. The first-order chi connectivity index (χ1) is 12.9. The van der Waals surface area contributed by atoms with Crippen LogP contribution in [0.5, 0.6) is 5.75 Å². The molecule has 0 aliphatic carbocycles. The Hall–Kier alpha value is -2.43. The maximum atomic E-state index is 12.9. The Balaban J connectivity index is 2.20. The van der Waals surface area contributed by atoms with Crippen molar-refractivity contribution >= 4 is 28.0 Å². The predicted molar refractivity (Wildman–Crippen MR) is 94.6 cm³/mol. The molecule has 0 saturated carbocycles. The third-order valence-corrected chi connectivity index (χ3v) is 5.67. The minimum Gasteiger partial charge on any atom is -0.495 e. The van der Waals surface area contributed by atoms with Gasteiger partial charge in [0.25, 0.3) is 0 Å². The van der Waals surface area contributed by atoms with E-state index in [4.69, 9.17) is 9.47 Å². The maximum Gasteiger partial charge on any atom is 0.344 e. The fourth-order valence-corrected chi connectivity index (χ4v) is 3.92. The summed E-state index contributed by atoms with van der Waals surface area (Å²) in [4.78, 5) is 22.6. The molecule has 0 atom stereocenters. The molecule has 1 fully saturated rings. The fourth-order valence-electron chi connectivity index (χ4n) is 2.33. The quantitative estimate of drug-likeness (QED) is 0.480. The predicted octanol–water partition coefficient (Wildman–Crippen LogP) is 0.446. The fraction of sp³-hybridized carbons (Fsp3) is 0.412. The lowest BCUT2D eigenvalue weighted by Crippen LogP contribution is -2.40. The van der Waals surface area contributed by atoms with Gasteiger partial charge in [0.2, 0.25) is 10.0 Å². The van der Waals surface area contributed by atoms with Crippen LogP contribution >= 0.6 is 0 Å². The van der Waals surface area contributed by atoms with E-state index in [-0.39, 0.29) is 23.7 Å². The van der Waals surface area contributed by atoms with Gasteiger partial charge in [-0.1, -0.05) is 6.07 Å². The number of sulfonamides is 1. The van der Waals surface area contributed by atoms with Crippen molar-refractivity contribution in [2.45, 2.75) is 4.90 Å². The van der Waals surface area contributed by atoms with Gasteiger partial charge in [0.15, 0.2) is 6.61 Å². The van der Waals surface area contributed by atoms with Gasteiger partial charge in [-0.05, 0) is 23.8 Å². The highest BCUT2D eigenvalue weighted by atomic mass is 32.2. The number of morpholine rings is 1. The molecule has 148 valence electrons. The number of hydrogen-bond donors (Lipinski definition) is 0. The zero-order valence-corrected chi connectivity index (χ0v) is 15.9. The van der Waals surface area contributed by atoms with Crippen LogP contribution in [0.25, 0.3) is 6.08 Å². The number of benzene rings is 1. The number of nitrogens with zero attached hydrogens (tertiary/aromatic N) is 1. The van der Waals surface area contributed by atoms with Gasteiger partial charge in [0, 0.05) is 19.2 Å². The molecular formula is C17H21NO8S. The lowest BCUT2D eigenvalue weighted by molar-refractivity contribution is -0.154. The zero-order chi connectivity index (χ0) is 19.9. The van der Waals surface area contributed by atoms with Gasteiger partial charge in [0.1, 0.15) is 10.6 Å². The van der Waals surface area contributed by atoms with Crippen molar-refractivity contribution in [3.05, 3.63) is 29.8 Å². The first kappa shape index (κ1) is 20.9. The van der Waals surface area contributed by atoms with E-state index in [9.17, 15) is 18.0 Å². The van der Waals surface area contributed by atoms with Crippen LogP contribution in [0.2, 0.25) is 0 Å². The van der Waals surface area contributed by atoms with Crippen LogP contribution < -0.4 is 4.74 Å². The molecule has 1 heterocycles. The molecule has 2 rings (SSSR count). The summed E-state index contributed by atoms with van der Waals surface area (Å²) in [5.74, 6) is -1.24. The van der Waals surface area contributed by atoms with E-state index in [1.54, 1.807) is 6.07 Å². The minimum absolute atomic E-state index is 0.00280. The van der Waals surface area contributed by atoms with Crippen LogP contribution in [-0.2, 0) is 33.8 Å². The zero-order valence-electron chi connectivity index (χ0n) is 15.0. The first-order valence-electron chi connectivity index (χ1n) is 8.06. The smallest absolute Gasteiger partial charge is 0.344 e. The van der Waals surface area contributed by atoms with Crippen LogP contribution in [0.3, 0.4) is 0 Å². The van der Waals surface area contributed by atoms with E-state index in [0.717, 1.165) is 6.08 Å². The Labute approximate surface area is 157 Å². The van der Waals surface area contributed by atoms with Gasteiger partial charge >= 0.3 is 11.9 Å². The number of methoxy groups -OCH3 is 2. The number of carbonyl (C=O) groups is 2. The number of ether oxygens (including phenoxy) is 4. The molecule has 0 aromatic heterocycles. The molecule has 1 saturated heterocycles. The monoisotopic (exact) mass is 399 g/mol. The third-order valence-electron chi connectivity index (χ3n) is 3.75. The van der Waals surface area contributed by atoms with Gasteiger partial charge in [-0.2, -0.15) is 4.31 Å². The second-order valence-electron chi connectivity index (χ2n) is 5.44. The molecule has 0 amide bonds. The van der Waals surface area contributed by atoms with E-state index in [1.165, 1.54) is 36.7 Å². The highest BCUT2D eigenvalue weighted by Crippen LogP contribution is 2.28. The number of esters is 2. The Bertz CT molecular complexity index is 812. The van der Waals surface area contributed by atoms with E-state index < -0.39 is 28.6 Å². The Kier molecular flexibility index (Phi) is 7.34. The van der Waals surface area contributed by atoms with Gasteiger partial charge < -0.3 is 18.9 Å². The number of rotatable bonds is 7. The normalized spacial score (nSPS) is 15.5. The SMILES string of the molecule is COC(=O)COC(=O)/C=C/c1ccc(OC)c(S(=O)(=O)N2CCOCC2)c1. The van der Waals surface area contributed by atoms with Crippen LogP contribution in [0.4, 0.5) is 0 Å². The van der Waals surface area contributed by atoms with Gasteiger partial charge in [-0.15, -0.1) is 0 Å². The van der Waals surface area contributed by atoms with Gasteiger partial charge in [-0.25, -0.2) is 18.0 Å².